The molecule has 0 atom stereocenters. The molecule has 0 bridgehead atoms. The summed E-state index contributed by atoms with van der Waals surface area (Å²) in [6.45, 7) is 3.38. The summed E-state index contributed by atoms with van der Waals surface area (Å²) in [6, 6.07) is 9.74. The number of benzene rings is 1. The van der Waals surface area contributed by atoms with Crippen LogP contribution in [0.4, 0.5) is 5.69 Å². The van der Waals surface area contributed by atoms with Crippen LogP contribution in [0.25, 0.3) is 0 Å². The van der Waals surface area contributed by atoms with Crippen LogP contribution in [0.5, 0.6) is 5.75 Å². The molecule has 1 aromatic heterocycles. The van der Waals surface area contributed by atoms with Gasteiger partial charge in [0.25, 0.3) is 0 Å². The SMILES string of the molecule is CCCOc1ccc(NCc2ccc(CSC)o2)cc1Cl. The second kappa shape index (κ2) is 8.25. The highest BCUT2D eigenvalue weighted by molar-refractivity contribution is 7.97. The van der Waals surface area contributed by atoms with E-state index in [1.165, 1.54) is 0 Å². The van der Waals surface area contributed by atoms with Gasteiger partial charge >= 0.3 is 0 Å². The minimum Gasteiger partial charge on any atom is -0.492 e. The minimum absolute atomic E-state index is 0.621. The van der Waals surface area contributed by atoms with E-state index in [4.69, 9.17) is 20.8 Å². The molecule has 21 heavy (non-hydrogen) atoms. The summed E-state index contributed by atoms with van der Waals surface area (Å²) in [6.07, 6.45) is 3.03. The summed E-state index contributed by atoms with van der Waals surface area (Å²) in [5, 5.41) is 3.92. The Bertz CT molecular complexity index is 571. The van der Waals surface area contributed by atoms with Crippen LogP contribution in [-0.4, -0.2) is 12.9 Å². The van der Waals surface area contributed by atoms with Gasteiger partial charge in [0.1, 0.15) is 17.3 Å². The van der Waals surface area contributed by atoms with Gasteiger partial charge < -0.3 is 14.5 Å². The molecule has 0 aliphatic rings. The summed E-state index contributed by atoms with van der Waals surface area (Å²) >= 11 is 7.95. The van der Waals surface area contributed by atoms with E-state index in [1.807, 2.05) is 30.3 Å². The highest BCUT2D eigenvalue weighted by Crippen LogP contribution is 2.28. The largest absolute Gasteiger partial charge is 0.492 e. The van der Waals surface area contributed by atoms with Crippen LogP contribution in [0.2, 0.25) is 5.02 Å². The van der Waals surface area contributed by atoms with Gasteiger partial charge in [-0.2, -0.15) is 11.8 Å². The second-order valence-corrected chi connectivity index (χ2v) is 5.92. The molecule has 1 aromatic carbocycles. The number of rotatable bonds is 8. The first-order chi connectivity index (χ1) is 10.2. The van der Waals surface area contributed by atoms with Crippen molar-refractivity contribution in [3.05, 3.63) is 46.9 Å². The third-order valence-electron chi connectivity index (χ3n) is 2.86. The van der Waals surface area contributed by atoms with Crippen molar-refractivity contribution in [3.63, 3.8) is 0 Å². The Balaban J connectivity index is 1.91. The Labute approximate surface area is 135 Å². The fourth-order valence-corrected chi connectivity index (χ4v) is 2.54. The van der Waals surface area contributed by atoms with Gasteiger partial charge in [-0.25, -0.2) is 0 Å². The molecule has 0 amide bonds. The predicted octanol–water partition coefficient (Wildman–Crippen LogP) is 5.20. The zero-order valence-corrected chi connectivity index (χ0v) is 13.9. The Morgan fingerprint density at radius 3 is 2.76 bits per heavy atom. The molecule has 0 radical (unpaired) electrons. The van der Waals surface area contributed by atoms with Crippen LogP contribution in [0.1, 0.15) is 24.9 Å². The molecular weight excluding hydrogens is 306 g/mol. The van der Waals surface area contributed by atoms with Crippen LogP contribution in [0, 0.1) is 0 Å². The lowest BCUT2D eigenvalue weighted by molar-refractivity contribution is 0.317. The summed E-state index contributed by atoms with van der Waals surface area (Å²) in [5.41, 5.74) is 0.951. The number of hydrogen-bond donors (Lipinski definition) is 1. The molecule has 0 saturated carbocycles. The zero-order chi connectivity index (χ0) is 15.1. The Morgan fingerprint density at radius 1 is 1.24 bits per heavy atom. The number of hydrogen-bond acceptors (Lipinski definition) is 4. The number of anilines is 1. The maximum Gasteiger partial charge on any atom is 0.138 e. The first-order valence-electron chi connectivity index (χ1n) is 6.95. The lowest BCUT2D eigenvalue weighted by Crippen LogP contribution is -1.99. The molecule has 1 N–H and O–H groups in total. The van der Waals surface area contributed by atoms with Crippen molar-refractivity contribution >= 4 is 29.1 Å². The van der Waals surface area contributed by atoms with E-state index in [0.717, 1.165) is 35.1 Å². The molecule has 3 nitrogen and oxygen atoms in total. The first kappa shape index (κ1) is 16.1. The van der Waals surface area contributed by atoms with Crippen molar-refractivity contribution < 1.29 is 9.15 Å². The van der Waals surface area contributed by atoms with Crippen molar-refractivity contribution in [1.82, 2.24) is 0 Å². The van der Waals surface area contributed by atoms with Crippen molar-refractivity contribution in [2.45, 2.75) is 25.6 Å². The lowest BCUT2D eigenvalue weighted by Gasteiger charge is -2.09. The van der Waals surface area contributed by atoms with Crippen molar-refractivity contribution in [1.29, 1.82) is 0 Å². The van der Waals surface area contributed by atoms with Crippen LogP contribution in [0.15, 0.2) is 34.7 Å². The third kappa shape index (κ3) is 4.90. The normalized spacial score (nSPS) is 10.6. The van der Waals surface area contributed by atoms with E-state index in [-0.39, 0.29) is 0 Å². The standard InChI is InChI=1S/C16H20ClNO2S/c1-3-8-19-16-7-4-12(9-15(16)17)18-10-13-5-6-14(20-13)11-21-2/h4-7,9,18H,3,8,10-11H2,1-2H3. The summed E-state index contributed by atoms with van der Waals surface area (Å²) < 4.78 is 11.3. The quantitative estimate of drug-likeness (QED) is 0.723. The summed E-state index contributed by atoms with van der Waals surface area (Å²) in [5.74, 6) is 3.54. The maximum absolute atomic E-state index is 6.20. The Morgan fingerprint density at radius 2 is 2.05 bits per heavy atom. The average Bonchev–Trinajstić information content (AvgIpc) is 2.92. The van der Waals surface area contributed by atoms with Crippen LogP contribution in [-0.2, 0) is 12.3 Å². The van der Waals surface area contributed by atoms with Crippen molar-refractivity contribution in [3.8, 4) is 5.75 Å². The molecule has 0 aliphatic carbocycles. The first-order valence-corrected chi connectivity index (χ1v) is 8.73. The molecular formula is C16H20ClNO2S. The number of ether oxygens (including phenoxy) is 1. The van der Waals surface area contributed by atoms with Gasteiger partial charge in [0.15, 0.2) is 0 Å². The molecule has 0 aliphatic heterocycles. The topological polar surface area (TPSA) is 34.4 Å². The fourth-order valence-electron chi connectivity index (χ4n) is 1.87. The molecule has 0 unspecified atom stereocenters. The molecule has 1 heterocycles. The molecule has 2 aromatic rings. The van der Waals surface area contributed by atoms with Crippen LogP contribution >= 0.6 is 23.4 Å². The van der Waals surface area contributed by atoms with Gasteiger partial charge in [-0.15, -0.1) is 0 Å². The molecule has 5 heteroatoms. The van der Waals surface area contributed by atoms with Gasteiger partial charge in [-0.05, 0) is 43.0 Å². The fraction of sp³-hybridized carbons (Fsp3) is 0.375. The average molecular weight is 326 g/mol. The zero-order valence-electron chi connectivity index (χ0n) is 12.3. The number of thioether (sulfide) groups is 1. The molecule has 0 spiro atoms. The van der Waals surface area contributed by atoms with E-state index in [9.17, 15) is 0 Å². The van der Waals surface area contributed by atoms with Crippen LogP contribution in [0.3, 0.4) is 0 Å². The van der Waals surface area contributed by atoms with Crippen molar-refractivity contribution in [2.75, 3.05) is 18.2 Å². The number of halogens is 1. The van der Waals surface area contributed by atoms with Gasteiger partial charge in [0.2, 0.25) is 0 Å². The molecule has 2 rings (SSSR count). The van der Waals surface area contributed by atoms with E-state index < -0.39 is 0 Å². The molecule has 0 fully saturated rings. The highest BCUT2D eigenvalue weighted by atomic mass is 35.5. The lowest BCUT2D eigenvalue weighted by atomic mass is 10.3. The Hall–Kier alpha value is -1.26. The van der Waals surface area contributed by atoms with E-state index >= 15 is 0 Å². The van der Waals surface area contributed by atoms with Gasteiger partial charge in [0.05, 0.1) is 23.9 Å². The highest BCUT2D eigenvalue weighted by Gasteiger charge is 2.05. The monoisotopic (exact) mass is 325 g/mol. The van der Waals surface area contributed by atoms with Crippen molar-refractivity contribution in [2.24, 2.45) is 0 Å². The van der Waals surface area contributed by atoms with Gasteiger partial charge in [-0.1, -0.05) is 18.5 Å². The minimum atomic E-state index is 0.621. The van der Waals surface area contributed by atoms with E-state index in [0.29, 0.717) is 18.2 Å². The van der Waals surface area contributed by atoms with E-state index in [2.05, 4.69) is 18.5 Å². The second-order valence-electron chi connectivity index (χ2n) is 4.65. The number of nitrogens with one attached hydrogen (secondary N) is 1. The van der Waals surface area contributed by atoms with Gasteiger partial charge in [-0.3, -0.25) is 0 Å². The van der Waals surface area contributed by atoms with Gasteiger partial charge in [0, 0.05) is 5.69 Å². The van der Waals surface area contributed by atoms with E-state index in [1.54, 1.807) is 11.8 Å². The summed E-state index contributed by atoms with van der Waals surface area (Å²) in [7, 11) is 0. The van der Waals surface area contributed by atoms with Crippen LogP contribution < -0.4 is 10.1 Å². The number of furan rings is 1. The molecule has 114 valence electrons. The summed E-state index contributed by atoms with van der Waals surface area (Å²) in [4.78, 5) is 0. The molecule has 0 saturated heterocycles. The predicted molar refractivity (Wildman–Crippen MR) is 90.5 cm³/mol. The maximum atomic E-state index is 6.20. The third-order valence-corrected chi connectivity index (χ3v) is 3.73. The smallest absolute Gasteiger partial charge is 0.138 e. The Kier molecular flexibility index (Phi) is 6.33.